The number of nitrogens with zero attached hydrogens (tertiary/aromatic N) is 4. The first-order valence-corrected chi connectivity index (χ1v) is 9.98. The molecule has 0 aliphatic carbocycles. The Bertz CT molecular complexity index is 1150. The van der Waals surface area contributed by atoms with E-state index in [0.717, 1.165) is 0 Å². The van der Waals surface area contributed by atoms with Crippen LogP contribution in [-0.2, 0) is 6.54 Å². The number of anilines is 1. The lowest BCUT2D eigenvalue weighted by Gasteiger charge is -2.20. The maximum absolute atomic E-state index is 14.2. The van der Waals surface area contributed by atoms with Crippen molar-refractivity contribution >= 4 is 32.6 Å². The van der Waals surface area contributed by atoms with E-state index in [1.165, 1.54) is 36.5 Å². The summed E-state index contributed by atoms with van der Waals surface area (Å²) in [6.07, 6.45) is 3.49. The van der Waals surface area contributed by atoms with Crippen LogP contribution in [0.2, 0.25) is 0 Å². The van der Waals surface area contributed by atoms with Gasteiger partial charge in [0.2, 0.25) is 0 Å². The van der Waals surface area contributed by atoms with Crippen molar-refractivity contribution in [3.8, 4) is 11.5 Å². The van der Waals surface area contributed by atoms with Crippen molar-refractivity contribution in [1.82, 2.24) is 14.8 Å². The first-order valence-electron chi connectivity index (χ1n) is 9.16. The van der Waals surface area contributed by atoms with E-state index in [-0.39, 0.29) is 11.4 Å². The van der Waals surface area contributed by atoms with Gasteiger partial charge in [-0.05, 0) is 30.3 Å². The van der Waals surface area contributed by atoms with Gasteiger partial charge in [0.15, 0.2) is 5.13 Å². The number of aromatic nitrogens is 3. The molecule has 154 valence electrons. The average Bonchev–Trinajstić information content (AvgIpc) is 3.44. The number of fused-ring (bicyclic) bond motifs is 1. The number of methoxy groups -OCH3 is 2. The Morgan fingerprint density at radius 3 is 2.57 bits per heavy atom. The highest BCUT2D eigenvalue weighted by Gasteiger charge is 2.23. The second-order valence-electron chi connectivity index (χ2n) is 6.41. The summed E-state index contributed by atoms with van der Waals surface area (Å²) in [5.74, 6) is 0.288. The van der Waals surface area contributed by atoms with Gasteiger partial charge in [-0.1, -0.05) is 17.4 Å². The molecular formula is C21H19FN4O3S. The van der Waals surface area contributed by atoms with Crippen LogP contribution in [0.15, 0.2) is 54.9 Å². The number of hydrogen-bond acceptors (Lipinski definition) is 6. The van der Waals surface area contributed by atoms with Crippen LogP contribution in [0.5, 0.6) is 11.5 Å². The van der Waals surface area contributed by atoms with Crippen molar-refractivity contribution in [3.63, 3.8) is 0 Å². The molecular weight excluding hydrogens is 407 g/mol. The van der Waals surface area contributed by atoms with Gasteiger partial charge in [-0.3, -0.25) is 14.4 Å². The molecule has 0 aliphatic rings. The summed E-state index contributed by atoms with van der Waals surface area (Å²) in [7, 11) is 3.05. The van der Waals surface area contributed by atoms with Crippen LogP contribution < -0.4 is 14.4 Å². The van der Waals surface area contributed by atoms with Crippen LogP contribution in [0.4, 0.5) is 9.52 Å². The van der Waals surface area contributed by atoms with Crippen LogP contribution in [0.1, 0.15) is 10.4 Å². The number of benzene rings is 2. The SMILES string of the molecule is COc1cc(OC)cc(C(=O)N(CCn2cccn2)c2nc3c(F)cccc3s2)c1. The third-order valence-corrected chi connectivity index (χ3v) is 5.59. The maximum atomic E-state index is 14.2. The summed E-state index contributed by atoms with van der Waals surface area (Å²) >= 11 is 1.26. The van der Waals surface area contributed by atoms with Crippen LogP contribution in [-0.4, -0.2) is 41.4 Å². The van der Waals surface area contributed by atoms with Gasteiger partial charge >= 0.3 is 0 Å². The Hall–Kier alpha value is -3.46. The molecule has 2 heterocycles. The quantitative estimate of drug-likeness (QED) is 0.447. The molecule has 0 unspecified atom stereocenters. The minimum Gasteiger partial charge on any atom is -0.497 e. The molecule has 4 aromatic rings. The lowest BCUT2D eigenvalue weighted by molar-refractivity contribution is 0.0985. The molecule has 0 N–H and O–H groups in total. The molecule has 0 spiro atoms. The minimum absolute atomic E-state index is 0.248. The first kappa shape index (κ1) is 19.8. The number of rotatable bonds is 7. The van der Waals surface area contributed by atoms with E-state index in [1.54, 1.807) is 41.2 Å². The molecule has 0 aliphatic heterocycles. The summed E-state index contributed by atoms with van der Waals surface area (Å²) in [4.78, 5) is 19.4. The van der Waals surface area contributed by atoms with E-state index in [4.69, 9.17) is 9.47 Å². The molecule has 0 fully saturated rings. The van der Waals surface area contributed by atoms with Gasteiger partial charge in [-0.15, -0.1) is 0 Å². The normalized spacial score (nSPS) is 10.9. The predicted octanol–water partition coefficient (Wildman–Crippen LogP) is 4.00. The van der Waals surface area contributed by atoms with E-state index < -0.39 is 5.82 Å². The van der Waals surface area contributed by atoms with Gasteiger partial charge in [0.25, 0.3) is 5.91 Å². The second-order valence-corrected chi connectivity index (χ2v) is 7.42. The van der Waals surface area contributed by atoms with Gasteiger partial charge in [-0.25, -0.2) is 9.37 Å². The fraction of sp³-hybridized carbons (Fsp3) is 0.190. The lowest BCUT2D eigenvalue weighted by atomic mass is 10.1. The molecule has 30 heavy (non-hydrogen) atoms. The van der Waals surface area contributed by atoms with Gasteiger partial charge in [0.1, 0.15) is 22.8 Å². The number of hydrogen-bond donors (Lipinski definition) is 0. The summed E-state index contributed by atoms with van der Waals surface area (Å²) in [5.41, 5.74) is 0.629. The molecule has 0 saturated heterocycles. The second kappa shape index (κ2) is 8.50. The number of amides is 1. The summed E-state index contributed by atoms with van der Waals surface area (Å²) in [5, 5.41) is 4.60. The van der Waals surface area contributed by atoms with Crippen LogP contribution in [0.25, 0.3) is 10.2 Å². The number of para-hydroxylation sites is 1. The van der Waals surface area contributed by atoms with Crippen LogP contribution in [0, 0.1) is 5.82 Å². The van der Waals surface area contributed by atoms with Crippen molar-refractivity contribution in [2.24, 2.45) is 0 Å². The molecule has 0 radical (unpaired) electrons. The van der Waals surface area contributed by atoms with E-state index in [0.29, 0.717) is 40.0 Å². The first-order chi connectivity index (χ1) is 14.6. The Kier molecular flexibility index (Phi) is 5.62. The average molecular weight is 426 g/mol. The van der Waals surface area contributed by atoms with Crippen molar-refractivity contribution in [2.75, 3.05) is 25.7 Å². The smallest absolute Gasteiger partial charge is 0.260 e. The molecule has 2 aromatic carbocycles. The zero-order valence-corrected chi connectivity index (χ0v) is 17.2. The Morgan fingerprint density at radius 2 is 1.93 bits per heavy atom. The standard InChI is InChI=1S/C21H19FN4O3S/c1-28-15-11-14(12-16(13-15)29-2)20(27)26(10-9-25-8-4-7-23-25)21-24-19-17(22)5-3-6-18(19)30-21/h3-8,11-13H,9-10H2,1-2H3. The highest BCUT2D eigenvalue weighted by atomic mass is 32.1. The zero-order valence-electron chi connectivity index (χ0n) is 16.4. The van der Waals surface area contributed by atoms with E-state index >= 15 is 0 Å². The molecule has 2 aromatic heterocycles. The molecule has 0 saturated carbocycles. The molecule has 9 heteroatoms. The summed E-state index contributed by atoms with van der Waals surface area (Å²) in [6.45, 7) is 0.764. The Balaban J connectivity index is 1.74. The summed E-state index contributed by atoms with van der Waals surface area (Å²) in [6, 6.07) is 11.5. The molecule has 0 atom stereocenters. The topological polar surface area (TPSA) is 69.5 Å². The molecule has 0 bridgehead atoms. The fourth-order valence-corrected chi connectivity index (χ4v) is 4.03. The molecule has 7 nitrogen and oxygen atoms in total. The van der Waals surface area contributed by atoms with Crippen molar-refractivity contribution in [2.45, 2.75) is 6.54 Å². The van der Waals surface area contributed by atoms with Gasteiger partial charge < -0.3 is 9.47 Å². The lowest BCUT2D eigenvalue weighted by Crippen LogP contribution is -2.34. The number of thiazole rings is 1. The highest BCUT2D eigenvalue weighted by Crippen LogP contribution is 2.32. The molecule has 1 amide bonds. The van der Waals surface area contributed by atoms with Crippen LogP contribution in [0.3, 0.4) is 0 Å². The monoisotopic (exact) mass is 426 g/mol. The van der Waals surface area contributed by atoms with E-state index in [2.05, 4.69) is 10.1 Å². The maximum Gasteiger partial charge on any atom is 0.260 e. The number of halogens is 1. The summed E-state index contributed by atoms with van der Waals surface area (Å²) < 4.78 is 27.2. The van der Waals surface area contributed by atoms with Crippen molar-refractivity contribution < 1.29 is 18.7 Å². The minimum atomic E-state index is -0.419. The number of carbonyl (C=O) groups is 1. The van der Waals surface area contributed by atoms with Gasteiger partial charge in [0, 0.05) is 30.6 Å². The van der Waals surface area contributed by atoms with Crippen LogP contribution >= 0.6 is 11.3 Å². The number of carbonyl (C=O) groups excluding carboxylic acids is 1. The highest BCUT2D eigenvalue weighted by molar-refractivity contribution is 7.22. The van der Waals surface area contributed by atoms with E-state index in [1.807, 2.05) is 12.3 Å². The number of ether oxygens (including phenoxy) is 2. The third-order valence-electron chi connectivity index (χ3n) is 4.54. The zero-order chi connectivity index (χ0) is 21.1. The third kappa shape index (κ3) is 3.97. The van der Waals surface area contributed by atoms with Crippen molar-refractivity contribution in [3.05, 3.63) is 66.2 Å². The van der Waals surface area contributed by atoms with Gasteiger partial charge in [0.05, 0.1) is 25.5 Å². The largest absolute Gasteiger partial charge is 0.497 e. The predicted molar refractivity (Wildman–Crippen MR) is 113 cm³/mol. The van der Waals surface area contributed by atoms with E-state index in [9.17, 15) is 9.18 Å². The fourth-order valence-electron chi connectivity index (χ4n) is 3.02. The Morgan fingerprint density at radius 1 is 1.17 bits per heavy atom. The van der Waals surface area contributed by atoms with Gasteiger partial charge in [-0.2, -0.15) is 5.10 Å². The Labute approximate surface area is 176 Å². The molecule has 4 rings (SSSR count). The van der Waals surface area contributed by atoms with Crippen molar-refractivity contribution in [1.29, 1.82) is 0 Å².